The summed E-state index contributed by atoms with van der Waals surface area (Å²) in [6, 6.07) is 27.7. The maximum absolute atomic E-state index is 13.6. The van der Waals surface area contributed by atoms with Crippen molar-refractivity contribution in [1.29, 1.82) is 0 Å². The molecule has 1 saturated heterocycles. The molecule has 0 aliphatic carbocycles. The van der Waals surface area contributed by atoms with E-state index in [0.29, 0.717) is 22.5 Å². The number of anilines is 2. The maximum atomic E-state index is 13.6. The van der Waals surface area contributed by atoms with Crippen LogP contribution in [0.1, 0.15) is 33.2 Å². The molecule has 4 aromatic rings. The largest absolute Gasteiger partial charge is 0.438 e. The highest BCUT2D eigenvalue weighted by atomic mass is 19.1. The second-order valence-electron chi connectivity index (χ2n) is 9.30. The molecule has 8 heteroatoms. The summed E-state index contributed by atoms with van der Waals surface area (Å²) in [7, 11) is 0. The molecule has 3 amide bonds. The number of benzene rings is 4. The van der Waals surface area contributed by atoms with Crippen LogP contribution >= 0.6 is 0 Å². The van der Waals surface area contributed by atoms with Gasteiger partial charge in [0.05, 0.1) is 6.54 Å². The highest BCUT2D eigenvalue weighted by molar-refractivity contribution is 6.04. The van der Waals surface area contributed by atoms with Crippen LogP contribution in [0.25, 0.3) is 0 Å². The van der Waals surface area contributed by atoms with Crippen LogP contribution in [-0.2, 0) is 16.1 Å². The van der Waals surface area contributed by atoms with Crippen LogP contribution in [-0.4, -0.2) is 28.8 Å². The van der Waals surface area contributed by atoms with E-state index in [1.54, 1.807) is 36.4 Å². The standard InChI is InChI=1S/C31H26FN3O4/c1-20-10-12-22(13-11-20)29(36)34-26-9-5-8-23(18-26)28-27(30(37)33-25-16-14-24(32)15-17-25)35(31(38)39-28)19-21-6-3-2-4-7-21/h2-18,27-28H,19H2,1H3,(H,33,37)(H,34,36)/t27-,28-/m0/s1. The van der Waals surface area contributed by atoms with Crippen molar-refractivity contribution >= 4 is 29.3 Å². The normalized spacial score (nSPS) is 16.5. The molecular weight excluding hydrogens is 497 g/mol. The van der Waals surface area contributed by atoms with Crippen LogP contribution in [0.2, 0.25) is 0 Å². The summed E-state index contributed by atoms with van der Waals surface area (Å²) in [5.74, 6) is -1.20. The van der Waals surface area contributed by atoms with Crippen LogP contribution < -0.4 is 10.6 Å². The number of nitrogens with zero attached hydrogens (tertiary/aromatic N) is 1. The average Bonchev–Trinajstić information content (AvgIpc) is 3.27. The minimum Gasteiger partial charge on any atom is -0.438 e. The second-order valence-corrected chi connectivity index (χ2v) is 9.30. The number of nitrogens with one attached hydrogen (secondary N) is 2. The third-order valence-corrected chi connectivity index (χ3v) is 6.45. The molecule has 1 aliphatic heterocycles. The molecule has 1 heterocycles. The fraction of sp³-hybridized carbons (Fsp3) is 0.129. The summed E-state index contributed by atoms with van der Waals surface area (Å²) in [6.45, 7) is 2.10. The molecule has 39 heavy (non-hydrogen) atoms. The van der Waals surface area contributed by atoms with E-state index in [1.165, 1.54) is 29.2 Å². The fourth-order valence-electron chi connectivity index (χ4n) is 4.44. The van der Waals surface area contributed by atoms with Crippen molar-refractivity contribution in [3.05, 3.63) is 131 Å². The van der Waals surface area contributed by atoms with E-state index in [0.717, 1.165) is 11.1 Å². The van der Waals surface area contributed by atoms with Crippen molar-refractivity contribution in [2.45, 2.75) is 25.6 Å². The van der Waals surface area contributed by atoms with Gasteiger partial charge in [-0.2, -0.15) is 0 Å². The van der Waals surface area contributed by atoms with Crippen molar-refractivity contribution in [3.63, 3.8) is 0 Å². The van der Waals surface area contributed by atoms with Gasteiger partial charge in [-0.15, -0.1) is 0 Å². The van der Waals surface area contributed by atoms with Crippen LogP contribution in [0.15, 0.2) is 103 Å². The summed E-state index contributed by atoms with van der Waals surface area (Å²) < 4.78 is 19.1. The van der Waals surface area contributed by atoms with Gasteiger partial charge in [0.15, 0.2) is 12.1 Å². The van der Waals surface area contributed by atoms with Gasteiger partial charge >= 0.3 is 6.09 Å². The quantitative estimate of drug-likeness (QED) is 0.307. The molecule has 5 rings (SSSR count). The van der Waals surface area contributed by atoms with E-state index < -0.39 is 30.0 Å². The third kappa shape index (κ3) is 5.96. The molecule has 0 unspecified atom stereocenters. The Balaban J connectivity index is 1.43. The van der Waals surface area contributed by atoms with Gasteiger partial charge in [0.25, 0.3) is 11.8 Å². The zero-order valence-electron chi connectivity index (χ0n) is 21.1. The van der Waals surface area contributed by atoms with E-state index in [2.05, 4.69) is 10.6 Å². The lowest BCUT2D eigenvalue weighted by atomic mass is 10.00. The van der Waals surface area contributed by atoms with E-state index in [9.17, 15) is 18.8 Å². The molecule has 0 aromatic heterocycles. The van der Waals surface area contributed by atoms with Crippen LogP contribution in [0, 0.1) is 12.7 Å². The topological polar surface area (TPSA) is 87.7 Å². The first-order valence-corrected chi connectivity index (χ1v) is 12.4. The van der Waals surface area contributed by atoms with Gasteiger partial charge < -0.3 is 15.4 Å². The van der Waals surface area contributed by atoms with Gasteiger partial charge in [0.1, 0.15) is 5.82 Å². The van der Waals surface area contributed by atoms with Crippen LogP contribution in [0.3, 0.4) is 0 Å². The van der Waals surface area contributed by atoms with E-state index in [4.69, 9.17) is 4.74 Å². The number of hydrogen-bond donors (Lipinski definition) is 2. The van der Waals surface area contributed by atoms with Crippen LogP contribution in [0.5, 0.6) is 0 Å². The molecule has 0 radical (unpaired) electrons. The lowest BCUT2D eigenvalue weighted by Gasteiger charge is -2.24. The molecule has 0 saturated carbocycles. The Bertz CT molecular complexity index is 1490. The summed E-state index contributed by atoms with van der Waals surface area (Å²) in [5, 5.41) is 5.63. The molecule has 1 fully saturated rings. The number of hydrogen-bond acceptors (Lipinski definition) is 4. The van der Waals surface area contributed by atoms with Gasteiger partial charge in [-0.25, -0.2) is 9.18 Å². The summed E-state index contributed by atoms with van der Waals surface area (Å²) >= 11 is 0. The van der Waals surface area contributed by atoms with Crippen molar-refractivity contribution in [2.24, 2.45) is 0 Å². The molecule has 1 aliphatic rings. The summed E-state index contributed by atoms with van der Waals surface area (Å²) in [5.41, 5.74) is 3.80. The number of halogens is 1. The number of cyclic esters (lactones) is 1. The minimum atomic E-state index is -1.02. The Morgan fingerprint density at radius 2 is 1.56 bits per heavy atom. The summed E-state index contributed by atoms with van der Waals surface area (Å²) in [4.78, 5) is 40.8. The van der Waals surface area contributed by atoms with Crippen molar-refractivity contribution in [3.8, 4) is 0 Å². The van der Waals surface area contributed by atoms with Gasteiger partial charge in [-0.3, -0.25) is 14.5 Å². The number of ether oxygens (including phenoxy) is 1. The SMILES string of the molecule is Cc1ccc(C(=O)Nc2cccc([C@@H]3OC(=O)N(Cc4ccccc4)[C@@H]3C(=O)Nc3ccc(F)cc3)c2)cc1. The number of aryl methyl sites for hydroxylation is 1. The molecule has 2 atom stereocenters. The molecule has 0 spiro atoms. The molecule has 2 N–H and O–H groups in total. The highest BCUT2D eigenvalue weighted by Crippen LogP contribution is 2.35. The second kappa shape index (κ2) is 11.2. The van der Waals surface area contributed by atoms with E-state index in [-0.39, 0.29) is 12.5 Å². The van der Waals surface area contributed by atoms with Gasteiger partial charge in [-0.05, 0) is 66.6 Å². The van der Waals surface area contributed by atoms with Gasteiger partial charge in [0.2, 0.25) is 0 Å². The molecule has 7 nitrogen and oxygen atoms in total. The Kier molecular flexibility index (Phi) is 7.36. The molecule has 196 valence electrons. The zero-order valence-corrected chi connectivity index (χ0v) is 21.1. The average molecular weight is 524 g/mol. The molecule has 4 aromatic carbocycles. The smallest absolute Gasteiger partial charge is 0.411 e. The zero-order chi connectivity index (χ0) is 27.4. The highest BCUT2D eigenvalue weighted by Gasteiger charge is 2.47. The third-order valence-electron chi connectivity index (χ3n) is 6.45. The Hall–Kier alpha value is -4.98. The Morgan fingerprint density at radius 3 is 2.28 bits per heavy atom. The number of amides is 3. The van der Waals surface area contributed by atoms with Gasteiger partial charge in [0, 0.05) is 16.9 Å². The van der Waals surface area contributed by atoms with Crippen molar-refractivity contribution in [2.75, 3.05) is 10.6 Å². The maximum Gasteiger partial charge on any atom is 0.411 e. The number of carbonyl (C=O) groups is 3. The number of carbonyl (C=O) groups excluding carboxylic acids is 3. The summed E-state index contributed by atoms with van der Waals surface area (Å²) in [6.07, 6.45) is -1.59. The predicted molar refractivity (Wildman–Crippen MR) is 146 cm³/mol. The van der Waals surface area contributed by atoms with Gasteiger partial charge in [-0.1, -0.05) is 60.2 Å². The van der Waals surface area contributed by atoms with Crippen LogP contribution in [0.4, 0.5) is 20.6 Å². The predicted octanol–water partition coefficient (Wildman–Crippen LogP) is 6.09. The molecular formula is C31H26FN3O4. The lowest BCUT2D eigenvalue weighted by molar-refractivity contribution is -0.121. The monoisotopic (exact) mass is 523 g/mol. The fourth-order valence-corrected chi connectivity index (χ4v) is 4.44. The van der Waals surface area contributed by atoms with Crippen molar-refractivity contribution in [1.82, 2.24) is 4.90 Å². The minimum absolute atomic E-state index is 0.154. The van der Waals surface area contributed by atoms with Crippen molar-refractivity contribution < 1.29 is 23.5 Å². The first-order chi connectivity index (χ1) is 18.9. The molecule has 0 bridgehead atoms. The number of rotatable bonds is 7. The van der Waals surface area contributed by atoms with E-state index >= 15 is 0 Å². The first kappa shape index (κ1) is 25.7. The Labute approximate surface area is 225 Å². The lowest BCUT2D eigenvalue weighted by Crippen LogP contribution is -2.43. The first-order valence-electron chi connectivity index (χ1n) is 12.4. The Morgan fingerprint density at radius 1 is 0.846 bits per heavy atom. The van der Waals surface area contributed by atoms with E-state index in [1.807, 2.05) is 49.4 Å².